The van der Waals surface area contributed by atoms with Crippen LogP contribution in [0.4, 0.5) is 0 Å². The molecule has 0 bridgehead atoms. The Morgan fingerprint density at radius 3 is 2.78 bits per heavy atom. The van der Waals surface area contributed by atoms with Crippen LogP contribution in [-0.4, -0.2) is 25.7 Å². The monoisotopic (exact) mass is 361 g/mol. The van der Waals surface area contributed by atoms with Crippen LogP contribution in [0.2, 0.25) is 0 Å². The highest BCUT2D eigenvalue weighted by atomic mass is 16.3. The highest BCUT2D eigenvalue weighted by Gasteiger charge is 2.14. The largest absolute Gasteiger partial charge is 0.444 e. The van der Waals surface area contributed by atoms with Crippen LogP contribution in [0.5, 0.6) is 0 Å². The standard InChI is InChI=1S/C20H19N5O2/c1-13-10-15(17-12-27-20(24-17)14-6-3-2-4-7-14)23-16-11-22-25(19(13)16)9-5-8-18(21)26/h2-4,6-7,10-12H,5,8-9H2,1H3,(H2,21,26). The van der Waals surface area contributed by atoms with E-state index in [1.807, 2.05) is 48.0 Å². The van der Waals surface area contributed by atoms with Crippen LogP contribution < -0.4 is 5.73 Å². The summed E-state index contributed by atoms with van der Waals surface area (Å²) < 4.78 is 7.49. The van der Waals surface area contributed by atoms with E-state index in [0.29, 0.717) is 31.0 Å². The van der Waals surface area contributed by atoms with Gasteiger partial charge < -0.3 is 10.2 Å². The number of nitrogens with two attached hydrogens (primary N) is 1. The number of pyridine rings is 1. The number of rotatable bonds is 6. The predicted molar refractivity (Wildman–Crippen MR) is 102 cm³/mol. The van der Waals surface area contributed by atoms with Gasteiger partial charge in [0.1, 0.15) is 17.5 Å². The fourth-order valence-corrected chi connectivity index (χ4v) is 3.11. The quantitative estimate of drug-likeness (QED) is 0.568. The maximum atomic E-state index is 10.9. The first-order chi connectivity index (χ1) is 13.1. The summed E-state index contributed by atoms with van der Waals surface area (Å²) in [4.78, 5) is 20.2. The zero-order chi connectivity index (χ0) is 18.8. The van der Waals surface area contributed by atoms with E-state index >= 15 is 0 Å². The SMILES string of the molecule is Cc1cc(-c2coc(-c3ccccc3)n2)nc2cnn(CCCC(N)=O)c12. The topological polar surface area (TPSA) is 99.8 Å². The summed E-state index contributed by atoms with van der Waals surface area (Å²) in [5.74, 6) is 0.260. The van der Waals surface area contributed by atoms with Crippen molar-refractivity contribution in [3.8, 4) is 22.8 Å². The summed E-state index contributed by atoms with van der Waals surface area (Å²) in [6.07, 6.45) is 4.34. The molecule has 0 atom stereocenters. The fourth-order valence-electron chi connectivity index (χ4n) is 3.11. The van der Waals surface area contributed by atoms with E-state index in [0.717, 1.165) is 27.9 Å². The molecule has 7 nitrogen and oxygen atoms in total. The van der Waals surface area contributed by atoms with Gasteiger partial charge in [-0.3, -0.25) is 9.48 Å². The van der Waals surface area contributed by atoms with Crippen molar-refractivity contribution in [3.05, 3.63) is 54.4 Å². The molecule has 7 heteroatoms. The molecule has 0 spiro atoms. The first-order valence-electron chi connectivity index (χ1n) is 8.74. The van der Waals surface area contributed by atoms with Gasteiger partial charge in [0.15, 0.2) is 0 Å². The molecular formula is C20H19N5O2. The number of nitrogens with zero attached hydrogens (tertiary/aromatic N) is 4. The van der Waals surface area contributed by atoms with E-state index < -0.39 is 0 Å². The molecule has 0 saturated carbocycles. The minimum Gasteiger partial charge on any atom is -0.444 e. The number of hydrogen-bond donors (Lipinski definition) is 1. The van der Waals surface area contributed by atoms with Crippen molar-refractivity contribution in [2.75, 3.05) is 0 Å². The molecule has 4 aromatic rings. The second kappa shape index (κ2) is 7.03. The van der Waals surface area contributed by atoms with Crippen molar-refractivity contribution < 1.29 is 9.21 Å². The van der Waals surface area contributed by atoms with E-state index in [-0.39, 0.29) is 5.91 Å². The molecule has 4 rings (SSSR count). The Labute approximate surface area is 155 Å². The molecule has 1 amide bonds. The van der Waals surface area contributed by atoms with Crippen LogP contribution in [-0.2, 0) is 11.3 Å². The first kappa shape index (κ1) is 17.0. The Balaban J connectivity index is 1.64. The van der Waals surface area contributed by atoms with E-state index in [1.54, 1.807) is 12.5 Å². The maximum absolute atomic E-state index is 10.9. The Hall–Kier alpha value is -3.48. The van der Waals surface area contributed by atoms with E-state index in [2.05, 4.69) is 15.1 Å². The van der Waals surface area contributed by atoms with Crippen molar-refractivity contribution in [1.29, 1.82) is 0 Å². The van der Waals surface area contributed by atoms with Gasteiger partial charge >= 0.3 is 0 Å². The highest BCUT2D eigenvalue weighted by Crippen LogP contribution is 2.27. The third-order valence-electron chi connectivity index (χ3n) is 4.37. The molecule has 0 unspecified atom stereocenters. The number of carbonyl (C=O) groups is 1. The van der Waals surface area contributed by atoms with Crippen LogP contribution >= 0.6 is 0 Å². The zero-order valence-corrected chi connectivity index (χ0v) is 14.9. The first-order valence-corrected chi connectivity index (χ1v) is 8.74. The summed E-state index contributed by atoms with van der Waals surface area (Å²) in [6, 6.07) is 11.7. The smallest absolute Gasteiger partial charge is 0.226 e. The van der Waals surface area contributed by atoms with Crippen LogP contribution in [0.3, 0.4) is 0 Å². The molecular weight excluding hydrogens is 342 g/mol. The molecule has 3 heterocycles. The molecule has 0 aliphatic rings. The number of primary amides is 1. The average molecular weight is 361 g/mol. The lowest BCUT2D eigenvalue weighted by Crippen LogP contribution is -2.12. The molecule has 136 valence electrons. The number of fused-ring (bicyclic) bond motifs is 1. The molecule has 1 aromatic carbocycles. The molecule has 3 aromatic heterocycles. The minimum atomic E-state index is -0.302. The summed E-state index contributed by atoms with van der Waals surface area (Å²) in [5, 5.41) is 4.40. The molecule has 0 aliphatic heterocycles. The Morgan fingerprint density at radius 1 is 1.19 bits per heavy atom. The summed E-state index contributed by atoms with van der Waals surface area (Å²) in [5.41, 5.74) is 10.3. The number of carbonyl (C=O) groups excluding carboxylic acids is 1. The van der Waals surface area contributed by atoms with Crippen molar-refractivity contribution in [2.24, 2.45) is 5.73 Å². The van der Waals surface area contributed by atoms with Gasteiger partial charge in [0.2, 0.25) is 11.8 Å². The summed E-state index contributed by atoms with van der Waals surface area (Å²) in [6.45, 7) is 2.63. The number of aromatic nitrogens is 4. The van der Waals surface area contributed by atoms with Gasteiger partial charge in [-0.2, -0.15) is 5.10 Å². The lowest BCUT2D eigenvalue weighted by molar-refractivity contribution is -0.118. The highest BCUT2D eigenvalue weighted by molar-refractivity contribution is 5.81. The lowest BCUT2D eigenvalue weighted by atomic mass is 10.1. The molecule has 0 fully saturated rings. The van der Waals surface area contributed by atoms with Crippen LogP contribution in [0.25, 0.3) is 33.9 Å². The normalized spacial score (nSPS) is 11.1. The number of amides is 1. The van der Waals surface area contributed by atoms with Crippen molar-refractivity contribution in [2.45, 2.75) is 26.3 Å². The minimum absolute atomic E-state index is 0.302. The second-order valence-electron chi connectivity index (χ2n) is 6.40. The molecule has 0 saturated heterocycles. The number of benzene rings is 1. The lowest BCUT2D eigenvalue weighted by Gasteiger charge is -2.06. The van der Waals surface area contributed by atoms with Crippen molar-refractivity contribution in [3.63, 3.8) is 0 Å². The van der Waals surface area contributed by atoms with E-state index in [1.165, 1.54) is 0 Å². The fraction of sp³-hybridized carbons (Fsp3) is 0.200. The number of aryl methyl sites for hydroxylation is 2. The van der Waals surface area contributed by atoms with Crippen molar-refractivity contribution >= 4 is 16.9 Å². The summed E-state index contributed by atoms with van der Waals surface area (Å²) >= 11 is 0. The number of oxazole rings is 1. The zero-order valence-electron chi connectivity index (χ0n) is 14.9. The van der Waals surface area contributed by atoms with Gasteiger partial charge in [-0.25, -0.2) is 9.97 Å². The van der Waals surface area contributed by atoms with E-state index in [9.17, 15) is 4.79 Å². The average Bonchev–Trinajstić information content (AvgIpc) is 3.30. The molecule has 0 radical (unpaired) electrons. The van der Waals surface area contributed by atoms with Crippen LogP contribution in [0.1, 0.15) is 18.4 Å². The Morgan fingerprint density at radius 2 is 2.00 bits per heavy atom. The van der Waals surface area contributed by atoms with Gasteiger partial charge in [0.05, 0.1) is 17.4 Å². The van der Waals surface area contributed by atoms with Gasteiger partial charge in [0, 0.05) is 18.5 Å². The van der Waals surface area contributed by atoms with Crippen LogP contribution in [0, 0.1) is 6.92 Å². The van der Waals surface area contributed by atoms with Gasteiger partial charge in [-0.1, -0.05) is 18.2 Å². The van der Waals surface area contributed by atoms with Crippen LogP contribution in [0.15, 0.2) is 53.3 Å². The second-order valence-corrected chi connectivity index (χ2v) is 6.40. The Kier molecular flexibility index (Phi) is 4.42. The molecule has 27 heavy (non-hydrogen) atoms. The Bertz CT molecular complexity index is 1100. The van der Waals surface area contributed by atoms with Gasteiger partial charge in [0.25, 0.3) is 0 Å². The number of hydrogen-bond acceptors (Lipinski definition) is 5. The van der Waals surface area contributed by atoms with Gasteiger partial charge in [-0.15, -0.1) is 0 Å². The summed E-state index contributed by atoms with van der Waals surface area (Å²) in [7, 11) is 0. The third-order valence-corrected chi connectivity index (χ3v) is 4.37. The van der Waals surface area contributed by atoms with Crippen molar-refractivity contribution in [1.82, 2.24) is 19.7 Å². The maximum Gasteiger partial charge on any atom is 0.226 e. The molecule has 2 N–H and O–H groups in total. The molecule has 0 aliphatic carbocycles. The predicted octanol–water partition coefficient (Wildman–Crippen LogP) is 3.33. The third kappa shape index (κ3) is 3.44. The van der Waals surface area contributed by atoms with Gasteiger partial charge in [-0.05, 0) is 37.1 Å². The van der Waals surface area contributed by atoms with E-state index in [4.69, 9.17) is 10.2 Å².